The molecule has 0 radical (unpaired) electrons. The second-order valence-electron chi connectivity index (χ2n) is 5.05. The van der Waals surface area contributed by atoms with E-state index in [9.17, 15) is 4.79 Å². The highest BCUT2D eigenvalue weighted by molar-refractivity contribution is 5.77. The fourth-order valence-electron chi connectivity index (χ4n) is 2.48. The lowest BCUT2D eigenvalue weighted by Gasteiger charge is -2.15. The summed E-state index contributed by atoms with van der Waals surface area (Å²) in [4.78, 5) is 13.1. The van der Waals surface area contributed by atoms with Crippen LogP contribution in [0.1, 0.15) is 30.5 Å². The number of nitrogens with one attached hydrogen (secondary N) is 1. The van der Waals surface area contributed by atoms with Crippen LogP contribution in [0.2, 0.25) is 0 Å². The van der Waals surface area contributed by atoms with Gasteiger partial charge in [-0.15, -0.1) is 0 Å². The SMILES string of the molecule is CCNC1CCc2c(OCC(=O)N(C)C)cccc21. The van der Waals surface area contributed by atoms with Crippen LogP contribution >= 0.6 is 0 Å². The third-order valence-electron chi connectivity index (χ3n) is 3.53. The number of carbonyl (C=O) groups excluding carboxylic acids is 1. The summed E-state index contributed by atoms with van der Waals surface area (Å²) < 4.78 is 5.68. The van der Waals surface area contributed by atoms with E-state index in [1.165, 1.54) is 11.1 Å². The Morgan fingerprint density at radius 3 is 2.95 bits per heavy atom. The van der Waals surface area contributed by atoms with Crippen LogP contribution in [0.5, 0.6) is 5.75 Å². The summed E-state index contributed by atoms with van der Waals surface area (Å²) in [5.74, 6) is 0.840. The molecule has 0 spiro atoms. The molecule has 1 amide bonds. The van der Waals surface area contributed by atoms with Crippen LogP contribution in [0.4, 0.5) is 0 Å². The van der Waals surface area contributed by atoms with Crippen molar-refractivity contribution in [3.63, 3.8) is 0 Å². The summed E-state index contributed by atoms with van der Waals surface area (Å²) in [5.41, 5.74) is 2.57. The molecule has 1 atom stereocenters. The lowest BCUT2D eigenvalue weighted by Crippen LogP contribution is -2.27. The third-order valence-corrected chi connectivity index (χ3v) is 3.53. The Morgan fingerprint density at radius 1 is 1.47 bits per heavy atom. The van der Waals surface area contributed by atoms with Gasteiger partial charge < -0.3 is 15.0 Å². The van der Waals surface area contributed by atoms with Gasteiger partial charge in [-0.3, -0.25) is 4.79 Å². The minimum absolute atomic E-state index is 0.0150. The van der Waals surface area contributed by atoms with Crippen LogP contribution in [-0.4, -0.2) is 38.1 Å². The molecule has 1 aromatic rings. The molecule has 4 nitrogen and oxygen atoms in total. The number of amides is 1. The van der Waals surface area contributed by atoms with Crippen LogP contribution in [0, 0.1) is 0 Å². The molecule has 0 bridgehead atoms. The molecule has 1 aromatic carbocycles. The molecule has 2 rings (SSSR count). The quantitative estimate of drug-likeness (QED) is 0.879. The van der Waals surface area contributed by atoms with Gasteiger partial charge in [-0.05, 0) is 36.6 Å². The summed E-state index contributed by atoms with van der Waals surface area (Å²) in [5, 5.41) is 3.48. The molecule has 19 heavy (non-hydrogen) atoms. The molecule has 1 N–H and O–H groups in total. The average molecular weight is 262 g/mol. The highest BCUT2D eigenvalue weighted by Crippen LogP contribution is 2.36. The Kier molecular flexibility index (Phi) is 4.43. The van der Waals surface area contributed by atoms with Gasteiger partial charge >= 0.3 is 0 Å². The molecule has 0 aromatic heterocycles. The predicted molar refractivity (Wildman–Crippen MR) is 75.4 cm³/mol. The van der Waals surface area contributed by atoms with E-state index < -0.39 is 0 Å². The second-order valence-corrected chi connectivity index (χ2v) is 5.05. The predicted octanol–water partition coefficient (Wildman–Crippen LogP) is 1.75. The number of fused-ring (bicyclic) bond motifs is 1. The molecule has 0 saturated carbocycles. The Hall–Kier alpha value is -1.55. The van der Waals surface area contributed by atoms with Gasteiger partial charge in [0.1, 0.15) is 5.75 Å². The Bertz CT molecular complexity index is 457. The van der Waals surface area contributed by atoms with Gasteiger partial charge in [-0.25, -0.2) is 0 Å². The zero-order valence-corrected chi connectivity index (χ0v) is 11.9. The first-order chi connectivity index (χ1) is 9.13. The van der Waals surface area contributed by atoms with Crippen molar-refractivity contribution in [3.8, 4) is 5.75 Å². The van der Waals surface area contributed by atoms with Gasteiger partial charge in [0, 0.05) is 20.1 Å². The summed E-state index contributed by atoms with van der Waals surface area (Å²) >= 11 is 0. The van der Waals surface area contributed by atoms with Crippen LogP contribution < -0.4 is 10.1 Å². The zero-order valence-electron chi connectivity index (χ0n) is 11.9. The van der Waals surface area contributed by atoms with Gasteiger partial charge in [0.05, 0.1) is 0 Å². The van der Waals surface area contributed by atoms with E-state index in [1.807, 2.05) is 12.1 Å². The number of ether oxygens (including phenoxy) is 1. The third kappa shape index (κ3) is 3.07. The summed E-state index contributed by atoms with van der Waals surface area (Å²) in [6.45, 7) is 3.19. The molecule has 0 heterocycles. The van der Waals surface area contributed by atoms with Crippen molar-refractivity contribution < 1.29 is 9.53 Å². The first-order valence-electron chi connectivity index (χ1n) is 6.81. The first kappa shape index (κ1) is 13.9. The number of carbonyl (C=O) groups is 1. The van der Waals surface area contributed by atoms with E-state index in [4.69, 9.17) is 4.74 Å². The summed E-state index contributed by atoms with van der Waals surface area (Å²) in [7, 11) is 3.48. The minimum Gasteiger partial charge on any atom is -0.483 e. The summed E-state index contributed by atoms with van der Waals surface area (Å²) in [6.07, 6.45) is 2.12. The maximum absolute atomic E-state index is 11.6. The fraction of sp³-hybridized carbons (Fsp3) is 0.533. The van der Waals surface area contributed by atoms with Gasteiger partial charge in [0.2, 0.25) is 0 Å². The Labute approximate surface area is 114 Å². The summed E-state index contributed by atoms with van der Waals surface area (Å²) in [6, 6.07) is 6.53. The molecule has 4 heteroatoms. The van der Waals surface area contributed by atoms with E-state index in [0.29, 0.717) is 6.04 Å². The lowest BCUT2D eigenvalue weighted by molar-refractivity contribution is -0.130. The van der Waals surface area contributed by atoms with E-state index in [1.54, 1.807) is 19.0 Å². The highest BCUT2D eigenvalue weighted by Gasteiger charge is 2.24. The molecule has 1 aliphatic carbocycles. The van der Waals surface area contributed by atoms with Crippen molar-refractivity contribution in [1.82, 2.24) is 10.2 Å². The molecule has 104 valence electrons. The number of rotatable bonds is 5. The van der Waals surface area contributed by atoms with Crippen molar-refractivity contribution in [2.24, 2.45) is 0 Å². The number of benzene rings is 1. The smallest absolute Gasteiger partial charge is 0.259 e. The largest absolute Gasteiger partial charge is 0.483 e. The van der Waals surface area contributed by atoms with Crippen molar-refractivity contribution in [1.29, 1.82) is 0 Å². The number of hydrogen-bond donors (Lipinski definition) is 1. The zero-order chi connectivity index (χ0) is 13.8. The molecule has 0 saturated heterocycles. The van der Waals surface area contributed by atoms with Gasteiger partial charge in [-0.2, -0.15) is 0 Å². The topological polar surface area (TPSA) is 41.6 Å². The second kappa shape index (κ2) is 6.06. The Balaban J connectivity index is 2.09. The molecule has 1 unspecified atom stereocenters. The van der Waals surface area contributed by atoms with Crippen LogP contribution in [0.15, 0.2) is 18.2 Å². The van der Waals surface area contributed by atoms with Gasteiger partial charge in [0.15, 0.2) is 6.61 Å². The lowest BCUT2D eigenvalue weighted by atomic mass is 10.1. The van der Waals surface area contributed by atoms with E-state index in [0.717, 1.165) is 25.1 Å². The Morgan fingerprint density at radius 2 is 2.26 bits per heavy atom. The highest BCUT2D eigenvalue weighted by atomic mass is 16.5. The van der Waals surface area contributed by atoms with E-state index in [-0.39, 0.29) is 12.5 Å². The van der Waals surface area contributed by atoms with Crippen LogP contribution in [-0.2, 0) is 11.2 Å². The molecule has 0 aliphatic heterocycles. The fourth-order valence-corrected chi connectivity index (χ4v) is 2.48. The van der Waals surface area contributed by atoms with Gasteiger partial charge in [-0.1, -0.05) is 19.1 Å². The van der Waals surface area contributed by atoms with Crippen LogP contribution in [0.3, 0.4) is 0 Å². The van der Waals surface area contributed by atoms with Gasteiger partial charge in [0.25, 0.3) is 5.91 Å². The van der Waals surface area contributed by atoms with Crippen molar-refractivity contribution in [2.75, 3.05) is 27.2 Å². The minimum atomic E-state index is -0.0150. The van der Waals surface area contributed by atoms with E-state index >= 15 is 0 Å². The standard InChI is InChI=1S/C15H22N2O2/c1-4-16-13-9-8-12-11(13)6-5-7-14(12)19-10-15(18)17(2)3/h5-7,13,16H,4,8-10H2,1-3H3. The van der Waals surface area contributed by atoms with E-state index in [2.05, 4.69) is 18.3 Å². The van der Waals surface area contributed by atoms with Crippen molar-refractivity contribution >= 4 is 5.91 Å². The number of hydrogen-bond acceptors (Lipinski definition) is 3. The normalized spacial score (nSPS) is 17.1. The number of nitrogens with zero attached hydrogens (tertiary/aromatic N) is 1. The first-order valence-corrected chi connectivity index (χ1v) is 6.81. The number of likely N-dealkylation sites (N-methyl/N-ethyl adjacent to an activating group) is 1. The monoisotopic (exact) mass is 262 g/mol. The van der Waals surface area contributed by atoms with Crippen molar-refractivity contribution in [2.45, 2.75) is 25.8 Å². The average Bonchev–Trinajstić information content (AvgIpc) is 2.80. The molecular formula is C15H22N2O2. The molecular weight excluding hydrogens is 240 g/mol. The maximum atomic E-state index is 11.6. The molecule has 0 fully saturated rings. The van der Waals surface area contributed by atoms with Crippen LogP contribution in [0.25, 0.3) is 0 Å². The van der Waals surface area contributed by atoms with Crippen molar-refractivity contribution in [3.05, 3.63) is 29.3 Å². The maximum Gasteiger partial charge on any atom is 0.259 e. The molecule has 1 aliphatic rings.